The van der Waals surface area contributed by atoms with Gasteiger partial charge in [0, 0.05) is 29.5 Å². The van der Waals surface area contributed by atoms with Crippen molar-refractivity contribution in [3.63, 3.8) is 0 Å². The molecular formula is C24H31ClN2O. The van der Waals surface area contributed by atoms with Crippen molar-refractivity contribution in [2.24, 2.45) is 11.8 Å². The number of fused-ring (bicyclic) bond motifs is 1. The van der Waals surface area contributed by atoms with E-state index in [1.54, 1.807) is 0 Å². The van der Waals surface area contributed by atoms with Crippen molar-refractivity contribution in [1.82, 2.24) is 9.88 Å². The molecule has 2 saturated carbocycles. The summed E-state index contributed by atoms with van der Waals surface area (Å²) < 4.78 is 0. The highest BCUT2D eigenvalue weighted by Crippen LogP contribution is 2.35. The standard InChI is InChI=1S/C24H31ClN2O/c1-15-7-9-21(10-8-15)27(24(28)18-5-4-6-18)14-20-13-19-12-16(2)11-17(3)22(19)26-23(20)25/h11-13,15,18,21H,4-10,14H2,1-3H3. The van der Waals surface area contributed by atoms with Crippen molar-refractivity contribution in [2.45, 2.75) is 78.3 Å². The van der Waals surface area contributed by atoms with Crippen LogP contribution in [0, 0.1) is 25.7 Å². The van der Waals surface area contributed by atoms with E-state index in [0.717, 1.165) is 53.6 Å². The predicted molar refractivity (Wildman–Crippen MR) is 116 cm³/mol. The highest BCUT2D eigenvalue weighted by atomic mass is 35.5. The van der Waals surface area contributed by atoms with E-state index in [1.165, 1.54) is 24.8 Å². The SMILES string of the molecule is Cc1cc(C)c2nc(Cl)c(CN(C(=O)C3CCC3)C3CCC(C)CC3)cc2c1. The lowest BCUT2D eigenvalue weighted by Crippen LogP contribution is -2.46. The normalized spacial score (nSPS) is 22.9. The van der Waals surface area contributed by atoms with E-state index in [1.807, 2.05) is 0 Å². The number of hydrogen-bond acceptors (Lipinski definition) is 2. The molecule has 1 amide bonds. The molecule has 1 heterocycles. The van der Waals surface area contributed by atoms with Crippen molar-refractivity contribution in [2.75, 3.05) is 0 Å². The van der Waals surface area contributed by atoms with Gasteiger partial charge < -0.3 is 4.90 Å². The second kappa shape index (κ2) is 8.02. The number of hydrogen-bond donors (Lipinski definition) is 0. The summed E-state index contributed by atoms with van der Waals surface area (Å²) >= 11 is 6.60. The summed E-state index contributed by atoms with van der Waals surface area (Å²) in [6.07, 6.45) is 7.90. The van der Waals surface area contributed by atoms with Gasteiger partial charge in [-0.3, -0.25) is 4.79 Å². The number of aryl methyl sites for hydroxylation is 2. The van der Waals surface area contributed by atoms with E-state index >= 15 is 0 Å². The molecule has 150 valence electrons. The van der Waals surface area contributed by atoms with Gasteiger partial charge in [-0.25, -0.2) is 4.98 Å². The van der Waals surface area contributed by atoms with Crippen molar-refractivity contribution < 1.29 is 4.79 Å². The van der Waals surface area contributed by atoms with Gasteiger partial charge in [-0.1, -0.05) is 36.6 Å². The summed E-state index contributed by atoms with van der Waals surface area (Å²) in [6, 6.07) is 6.79. The topological polar surface area (TPSA) is 33.2 Å². The Morgan fingerprint density at radius 1 is 1.11 bits per heavy atom. The minimum absolute atomic E-state index is 0.219. The fourth-order valence-corrected chi connectivity index (χ4v) is 5.00. The first kappa shape index (κ1) is 19.7. The molecule has 2 aliphatic carbocycles. The quantitative estimate of drug-likeness (QED) is 0.573. The maximum atomic E-state index is 13.3. The zero-order chi connectivity index (χ0) is 19.8. The number of amides is 1. The summed E-state index contributed by atoms with van der Waals surface area (Å²) in [4.78, 5) is 20.1. The number of halogens is 1. The molecular weight excluding hydrogens is 368 g/mol. The van der Waals surface area contributed by atoms with Gasteiger partial charge in [0.1, 0.15) is 5.15 Å². The zero-order valence-electron chi connectivity index (χ0n) is 17.3. The Bertz CT molecular complexity index is 882. The van der Waals surface area contributed by atoms with Crippen molar-refractivity contribution >= 4 is 28.4 Å². The Morgan fingerprint density at radius 2 is 1.82 bits per heavy atom. The van der Waals surface area contributed by atoms with Crippen LogP contribution in [0.3, 0.4) is 0 Å². The summed E-state index contributed by atoms with van der Waals surface area (Å²) in [5, 5.41) is 1.65. The van der Waals surface area contributed by atoms with Gasteiger partial charge in [-0.15, -0.1) is 0 Å². The largest absolute Gasteiger partial charge is 0.335 e. The van der Waals surface area contributed by atoms with E-state index in [4.69, 9.17) is 16.6 Å². The second-order valence-corrected chi connectivity index (χ2v) is 9.46. The van der Waals surface area contributed by atoms with E-state index in [-0.39, 0.29) is 5.92 Å². The van der Waals surface area contributed by atoms with Crippen LogP contribution in [0.2, 0.25) is 5.15 Å². The zero-order valence-corrected chi connectivity index (χ0v) is 18.1. The van der Waals surface area contributed by atoms with Gasteiger partial charge in [-0.2, -0.15) is 0 Å². The Balaban J connectivity index is 1.65. The molecule has 0 unspecified atom stereocenters. The molecule has 28 heavy (non-hydrogen) atoms. The van der Waals surface area contributed by atoms with Crippen LogP contribution in [0.15, 0.2) is 18.2 Å². The average molecular weight is 399 g/mol. The van der Waals surface area contributed by atoms with Crippen molar-refractivity contribution in [3.8, 4) is 0 Å². The average Bonchev–Trinajstić information content (AvgIpc) is 2.60. The first-order chi connectivity index (χ1) is 13.4. The van der Waals surface area contributed by atoms with Crippen LogP contribution in [-0.4, -0.2) is 21.8 Å². The van der Waals surface area contributed by atoms with Crippen LogP contribution in [0.4, 0.5) is 0 Å². The molecule has 1 aromatic heterocycles. The summed E-state index contributed by atoms with van der Waals surface area (Å²) in [7, 11) is 0. The first-order valence-electron chi connectivity index (χ1n) is 10.8. The first-order valence-corrected chi connectivity index (χ1v) is 11.2. The lowest BCUT2D eigenvalue weighted by atomic mass is 9.82. The van der Waals surface area contributed by atoms with Crippen molar-refractivity contribution in [3.05, 3.63) is 40.0 Å². The lowest BCUT2D eigenvalue weighted by Gasteiger charge is -2.40. The maximum Gasteiger partial charge on any atom is 0.226 e. The number of carbonyl (C=O) groups is 1. The minimum atomic E-state index is 0.219. The lowest BCUT2D eigenvalue weighted by molar-refractivity contribution is -0.142. The van der Waals surface area contributed by atoms with Gasteiger partial charge in [0.15, 0.2) is 0 Å². The van der Waals surface area contributed by atoms with E-state index in [0.29, 0.717) is 23.6 Å². The third-order valence-corrected chi connectivity index (χ3v) is 7.11. The molecule has 4 rings (SSSR count). The number of benzene rings is 1. The van der Waals surface area contributed by atoms with E-state index in [2.05, 4.69) is 43.9 Å². The highest BCUT2D eigenvalue weighted by molar-refractivity contribution is 6.30. The third kappa shape index (κ3) is 3.91. The van der Waals surface area contributed by atoms with Crippen molar-refractivity contribution in [1.29, 1.82) is 0 Å². The number of aromatic nitrogens is 1. The summed E-state index contributed by atoms with van der Waals surface area (Å²) in [5.41, 5.74) is 4.31. The minimum Gasteiger partial charge on any atom is -0.335 e. The van der Waals surface area contributed by atoms with Gasteiger partial charge in [-0.05, 0) is 76.0 Å². The van der Waals surface area contributed by atoms with Crippen LogP contribution in [0.1, 0.15) is 68.6 Å². The molecule has 2 aromatic rings. The number of carbonyl (C=O) groups excluding carboxylic acids is 1. The van der Waals surface area contributed by atoms with Gasteiger partial charge in [0.2, 0.25) is 5.91 Å². The van der Waals surface area contributed by atoms with Crippen LogP contribution in [0.25, 0.3) is 10.9 Å². The number of pyridine rings is 1. The summed E-state index contributed by atoms with van der Waals surface area (Å²) in [5.74, 6) is 1.33. The molecule has 2 aliphatic rings. The number of rotatable bonds is 4. The molecule has 0 spiro atoms. The van der Waals surface area contributed by atoms with E-state index < -0.39 is 0 Å². The molecule has 0 aliphatic heterocycles. The van der Waals surface area contributed by atoms with E-state index in [9.17, 15) is 4.79 Å². The molecule has 0 saturated heterocycles. The predicted octanol–water partition coefficient (Wildman–Crippen LogP) is 6.21. The molecule has 0 N–H and O–H groups in total. The fraction of sp³-hybridized carbons (Fsp3) is 0.583. The smallest absolute Gasteiger partial charge is 0.226 e. The Hall–Kier alpha value is -1.61. The highest BCUT2D eigenvalue weighted by Gasteiger charge is 2.34. The molecule has 0 bridgehead atoms. The maximum absolute atomic E-state index is 13.3. The van der Waals surface area contributed by atoms with Gasteiger partial charge >= 0.3 is 0 Å². The molecule has 0 radical (unpaired) electrons. The Labute approximate surface area is 173 Å². The summed E-state index contributed by atoms with van der Waals surface area (Å²) in [6.45, 7) is 7.09. The molecule has 1 aromatic carbocycles. The molecule has 2 fully saturated rings. The molecule has 4 heteroatoms. The Kier molecular flexibility index (Phi) is 5.64. The van der Waals surface area contributed by atoms with Crippen LogP contribution < -0.4 is 0 Å². The molecule has 0 atom stereocenters. The number of nitrogens with zero attached hydrogens (tertiary/aromatic N) is 2. The Morgan fingerprint density at radius 3 is 2.46 bits per heavy atom. The van der Waals surface area contributed by atoms with Crippen LogP contribution in [-0.2, 0) is 11.3 Å². The fourth-order valence-electron chi connectivity index (χ4n) is 4.80. The van der Waals surface area contributed by atoms with Gasteiger partial charge in [0.25, 0.3) is 0 Å². The van der Waals surface area contributed by atoms with Crippen LogP contribution in [0.5, 0.6) is 0 Å². The van der Waals surface area contributed by atoms with Gasteiger partial charge in [0.05, 0.1) is 5.52 Å². The van der Waals surface area contributed by atoms with Crippen LogP contribution >= 0.6 is 11.6 Å². The third-order valence-electron chi connectivity index (χ3n) is 6.78. The second-order valence-electron chi connectivity index (χ2n) is 9.10. The molecule has 3 nitrogen and oxygen atoms in total. The monoisotopic (exact) mass is 398 g/mol.